The van der Waals surface area contributed by atoms with Crippen molar-refractivity contribution in [3.63, 3.8) is 0 Å². The van der Waals surface area contributed by atoms with Gasteiger partial charge in [0, 0.05) is 25.4 Å². The minimum absolute atomic E-state index is 0.0717. The molecule has 1 heterocycles. The molecule has 0 spiro atoms. The highest BCUT2D eigenvalue weighted by Gasteiger charge is 2.25. The van der Waals surface area contributed by atoms with E-state index in [1.807, 2.05) is 43.0 Å². The Hall–Kier alpha value is -1.59. The van der Waals surface area contributed by atoms with Gasteiger partial charge in [-0.25, -0.2) is 4.79 Å². The number of rotatable bonds is 5. The zero-order valence-electron chi connectivity index (χ0n) is 13.4. The molecule has 1 atom stereocenters. The standard InChI is InChI=1S/C17H26N2O3/c1-3-22-12-14-5-4-6-16(11-14)18-17(21)19-9-7-15(8-10-19)13(2)20/h4-6,11,13,15,20H,3,7-10,12H2,1-2H3,(H,18,21). The summed E-state index contributed by atoms with van der Waals surface area (Å²) < 4.78 is 5.38. The van der Waals surface area contributed by atoms with Crippen LogP contribution in [0.2, 0.25) is 0 Å². The number of nitrogens with one attached hydrogen (secondary N) is 1. The summed E-state index contributed by atoms with van der Waals surface area (Å²) in [6.07, 6.45) is 1.42. The van der Waals surface area contributed by atoms with Crippen LogP contribution in [0, 0.1) is 5.92 Å². The maximum Gasteiger partial charge on any atom is 0.321 e. The second-order valence-corrected chi connectivity index (χ2v) is 5.83. The molecule has 1 fully saturated rings. The summed E-state index contributed by atoms with van der Waals surface area (Å²) in [5.74, 6) is 0.304. The van der Waals surface area contributed by atoms with Gasteiger partial charge in [-0.3, -0.25) is 0 Å². The van der Waals surface area contributed by atoms with Crippen LogP contribution in [0.15, 0.2) is 24.3 Å². The lowest BCUT2D eigenvalue weighted by atomic mass is 9.92. The molecule has 5 heteroatoms. The maximum absolute atomic E-state index is 12.3. The van der Waals surface area contributed by atoms with Gasteiger partial charge in [-0.1, -0.05) is 12.1 Å². The third-order valence-corrected chi connectivity index (χ3v) is 4.16. The summed E-state index contributed by atoms with van der Waals surface area (Å²) in [6.45, 7) is 6.40. The van der Waals surface area contributed by atoms with E-state index in [0.717, 1.165) is 24.1 Å². The van der Waals surface area contributed by atoms with Crippen LogP contribution in [0.4, 0.5) is 10.5 Å². The molecule has 5 nitrogen and oxygen atoms in total. The fourth-order valence-electron chi connectivity index (χ4n) is 2.75. The molecule has 1 aliphatic rings. The molecule has 0 bridgehead atoms. The van der Waals surface area contributed by atoms with E-state index in [4.69, 9.17) is 4.74 Å². The zero-order valence-corrected chi connectivity index (χ0v) is 13.4. The summed E-state index contributed by atoms with van der Waals surface area (Å²) in [5, 5.41) is 12.5. The summed E-state index contributed by atoms with van der Waals surface area (Å²) in [5.41, 5.74) is 1.84. The molecule has 0 saturated carbocycles. The lowest BCUT2D eigenvalue weighted by Gasteiger charge is -2.33. The van der Waals surface area contributed by atoms with Crippen molar-refractivity contribution in [2.45, 2.75) is 39.4 Å². The average Bonchev–Trinajstić information content (AvgIpc) is 2.53. The molecule has 122 valence electrons. The first-order valence-electron chi connectivity index (χ1n) is 8.00. The van der Waals surface area contributed by atoms with Crippen LogP contribution in [-0.2, 0) is 11.3 Å². The molecule has 0 aliphatic carbocycles. The predicted octanol–water partition coefficient (Wildman–Crippen LogP) is 2.85. The first-order chi connectivity index (χ1) is 10.6. The summed E-state index contributed by atoms with van der Waals surface area (Å²) in [4.78, 5) is 14.1. The van der Waals surface area contributed by atoms with E-state index in [9.17, 15) is 9.90 Å². The van der Waals surface area contributed by atoms with Crippen LogP contribution in [0.5, 0.6) is 0 Å². The van der Waals surface area contributed by atoms with Gasteiger partial charge in [0.2, 0.25) is 0 Å². The molecule has 1 saturated heterocycles. The molecule has 2 N–H and O–H groups in total. The van der Waals surface area contributed by atoms with Crippen LogP contribution in [0.1, 0.15) is 32.3 Å². The van der Waals surface area contributed by atoms with E-state index in [1.165, 1.54) is 0 Å². The number of benzene rings is 1. The van der Waals surface area contributed by atoms with E-state index in [0.29, 0.717) is 32.2 Å². The smallest absolute Gasteiger partial charge is 0.321 e. The first kappa shape index (κ1) is 16.8. The van der Waals surface area contributed by atoms with E-state index in [2.05, 4.69) is 5.32 Å². The number of likely N-dealkylation sites (tertiary alicyclic amines) is 1. The number of anilines is 1. The molecule has 2 amide bonds. The number of carbonyl (C=O) groups excluding carboxylic acids is 1. The van der Waals surface area contributed by atoms with Crippen LogP contribution in [-0.4, -0.2) is 41.8 Å². The first-order valence-corrected chi connectivity index (χ1v) is 8.00. The normalized spacial score (nSPS) is 17.3. The van der Waals surface area contributed by atoms with E-state index >= 15 is 0 Å². The van der Waals surface area contributed by atoms with Gasteiger partial charge < -0.3 is 20.1 Å². The van der Waals surface area contributed by atoms with Crippen molar-refractivity contribution < 1.29 is 14.6 Å². The number of aliphatic hydroxyl groups is 1. The Bertz CT molecular complexity index is 483. The number of hydrogen-bond acceptors (Lipinski definition) is 3. The fourth-order valence-corrected chi connectivity index (χ4v) is 2.75. The highest BCUT2D eigenvalue weighted by Crippen LogP contribution is 2.21. The SMILES string of the molecule is CCOCc1cccc(NC(=O)N2CCC(C(C)O)CC2)c1. The van der Waals surface area contributed by atoms with Gasteiger partial charge in [-0.05, 0) is 50.3 Å². The van der Waals surface area contributed by atoms with Gasteiger partial charge in [-0.15, -0.1) is 0 Å². The van der Waals surface area contributed by atoms with Crippen molar-refractivity contribution in [2.75, 3.05) is 25.0 Å². The number of piperidine rings is 1. The minimum atomic E-state index is -0.291. The quantitative estimate of drug-likeness (QED) is 0.879. The van der Waals surface area contributed by atoms with Crippen LogP contribution < -0.4 is 5.32 Å². The molecule has 0 aromatic heterocycles. The topological polar surface area (TPSA) is 61.8 Å². The van der Waals surface area contributed by atoms with Crippen molar-refractivity contribution in [2.24, 2.45) is 5.92 Å². The van der Waals surface area contributed by atoms with Gasteiger partial charge in [0.1, 0.15) is 0 Å². The highest BCUT2D eigenvalue weighted by molar-refractivity contribution is 5.89. The van der Waals surface area contributed by atoms with Gasteiger partial charge >= 0.3 is 6.03 Å². The molecule has 1 aromatic rings. The molecular formula is C17H26N2O3. The molecule has 2 rings (SSSR count). The van der Waals surface area contributed by atoms with Crippen molar-refractivity contribution in [1.29, 1.82) is 0 Å². The van der Waals surface area contributed by atoms with Crippen molar-refractivity contribution in [1.82, 2.24) is 4.90 Å². The Morgan fingerprint density at radius 1 is 1.45 bits per heavy atom. The Morgan fingerprint density at radius 3 is 2.82 bits per heavy atom. The number of nitrogens with zero attached hydrogens (tertiary/aromatic N) is 1. The Labute approximate surface area is 132 Å². The van der Waals surface area contributed by atoms with E-state index < -0.39 is 0 Å². The third-order valence-electron chi connectivity index (χ3n) is 4.16. The average molecular weight is 306 g/mol. The van der Waals surface area contributed by atoms with Gasteiger partial charge in [0.25, 0.3) is 0 Å². The number of amides is 2. The van der Waals surface area contributed by atoms with Gasteiger partial charge in [0.15, 0.2) is 0 Å². The monoisotopic (exact) mass is 306 g/mol. The lowest BCUT2D eigenvalue weighted by molar-refractivity contribution is 0.0820. The van der Waals surface area contributed by atoms with Crippen LogP contribution >= 0.6 is 0 Å². The van der Waals surface area contributed by atoms with E-state index in [1.54, 1.807) is 0 Å². The van der Waals surface area contributed by atoms with Crippen molar-refractivity contribution >= 4 is 11.7 Å². The van der Waals surface area contributed by atoms with Crippen molar-refractivity contribution in [3.05, 3.63) is 29.8 Å². The largest absolute Gasteiger partial charge is 0.393 e. The number of hydrogen-bond donors (Lipinski definition) is 2. The molecule has 1 aliphatic heterocycles. The van der Waals surface area contributed by atoms with Gasteiger partial charge in [-0.2, -0.15) is 0 Å². The minimum Gasteiger partial charge on any atom is -0.393 e. The zero-order chi connectivity index (χ0) is 15.9. The highest BCUT2D eigenvalue weighted by atomic mass is 16.5. The molecule has 1 aromatic carbocycles. The Balaban J connectivity index is 1.87. The molecule has 22 heavy (non-hydrogen) atoms. The molecule has 0 radical (unpaired) electrons. The second kappa shape index (κ2) is 8.15. The number of aliphatic hydroxyl groups excluding tert-OH is 1. The molecular weight excluding hydrogens is 280 g/mol. The Kier molecular flexibility index (Phi) is 6.21. The van der Waals surface area contributed by atoms with Crippen molar-refractivity contribution in [3.8, 4) is 0 Å². The predicted molar refractivity (Wildman–Crippen MR) is 86.8 cm³/mol. The number of urea groups is 1. The second-order valence-electron chi connectivity index (χ2n) is 5.83. The van der Waals surface area contributed by atoms with Gasteiger partial charge in [0.05, 0.1) is 12.7 Å². The summed E-state index contributed by atoms with van der Waals surface area (Å²) >= 11 is 0. The maximum atomic E-state index is 12.3. The lowest BCUT2D eigenvalue weighted by Crippen LogP contribution is -2.42. The fraction of sp³-hybridized carbons (Fsp3) is 0.588. The third kappa shape index (κ3) is 4.71. The molecule has 1 unspecified atom stereocenters. The van der Waals surface area contributed by atoms with Crippen LogP contribution in [0.3, 0.4) is 0 Å². The van der Waals surface area contributed by atoms with E-state index in [-0.39, 0.29) is 12.1 Å². The summed E-state index contributed by atoms with van der Waals surface area (Å²) in [6, 6.07) is 7.66. The number of carbonyl (C=O) groups is 1. The summed E-state index contributed by atoms with van der Waals surface area (Å²) in [7, 11) is 0. The van der Waals surface area contributed by atoms with Crippen LogP contribution in [0.25, 0.3) is 0 Å². The number of ether oxygens (including phenoxy) is 1. The Morgan fingerprint density at radius 2 is 2.18 bits per heavy atom.